The number of hydrogen-bond donors (Lipinski definition) is 1. The molecule has 4 nitrogen and oxygen atoms in total. The van der Waals surface area contributed by atoms with Crippen LogP contribution >= 0.6 is 0 Å². The van der Waals surface area contributed by atoms with Gasteiger partial charge in [0.15, 0.2) is 0 Å². The first kappa shape index (κ1) is 17.3. The molecule has 0 radical (unpaired) electrons. The van der Waals surface area contributed by atoms with Crippen molar-refractivity contribution in [1.29, 1.82) is 0 Å². The van der Waals surface area contributed by atoms with Crippen molar-refractivity contribution in [2.24, 2.45) is 0 Å². The molecule has 0 aromatic heterocycles. The van der Waals surface area contributed by atoms with Gasteiger partial charge in [-0.25, -0.2) is 9.18 Å². The Kier molecular flexibility index (Phi) is 8.31. The first-order valence-corrected chi connectivity index (χ1v) is 6.98. The number of benzene rings is 1. The van der Waals surface area contributed by atoms with Crippen LogP contribution in [-0.2, 0) is 20.9 Å². The van der Waals surface area contributed by atoms with Crippen LogP contribution in [0, 0.1) is 5.82 Å². The lowest BCUT2D eigenvalue weighted by atomic mass is 10.1. The molecule has 0 spiro atoms. The van der Waals surface area contributed by atoms with Crippen LogP contribution in [0.2, 0.25) is 0 Å². The Labute approximate surface area is 124 Å². The summed E-state index contributed by atoms with van der Waals surface area (Å²) in [5.41, 5.74) is 1.24. The number of unbranched alkanes of at least 4 members (excludes halogenated alkanes) is 1. The van der Waals surface area contributed by atoms with Gasteiger partial charge in [-0.2, -0.15) is 0 Å². The van der Waals surface area contributed by atoms with Crippen molar-refractivity contribution in [1.82, 2.24) is 0 Å². The second kappa shape index (κ2) is 10.1. The quantitative estimate of drug-likeness (QED) is 0.532. The van der Waals surface area contributed by atoms with E-state index in [9.17, 15) is 9.18 Å². The zero-order valence-electron chi connectivity index (χ0n) is 12.2. The Morgan fingerprint density at radius 2 is 2.05 bits per heavy atom. The Balaban J connectivity index is 2.45. The van der Waals surface area contributed by atoms with Crippen LogP contribution in [0.3, 0.4) is 0 Å². The highest BCUT2D eigenvalue weighted by molar-refractivity contribution is 5.85. The van der Waals surface area contributed by atoms with Crippen molar-refractivity contribution < 1.29 is 23.8 Å². The monoisotopic (exact) mass is 296 g/mol. The maximum atomic E-state index is 13.2. The molecule has 0 aliphatic heterocycles. The van der Waals surface area contributed by atoms with E-state index < -0.39 is 11.8 Å². The lowest BCUT2D eigenvalue weighted by Crippen LogP contribution is -2.06. The number of rotatable bonds is 10. The molecule has 0 saturated carbocycles. The highest BCUT2D eigenvalue weighted by Crippen LogP contribution is 2.14. The van der Waals surface area contributed by atoms with Gasteiger partial charge in [-0.05, 0) is 35.8 Å². The molecule has 0 amide bonds. The number of halogens is 1. The van der Waals surface area contributed by atoms with Crippen molar-refractivity contribution in [3.63, 3.8) is 0 Å². The van der Waals surface area contributed by atoms with Gasteiger partial charge in [-0.3, -0.25) is 0 Å². The molecule has 0 heterocycles. The second-order valence-corrected chi connectivity index (χ2v) is 4.53. The van der Waals surface area contributed by atoms with Crippen molar-refractivity contribution in [3.8, 4) is 0 Å². The standard InChI is InChI=1S/C16H21FO4/c1-2-3-8-20-9-10-21-12-14-4-6-15(17)11-13(14)5-7-16(18)19/h4-7,11H,2-3,8-10,12H2,1H3,(H,18,19). The summed E-state index contributed by atoms with van der Waals surface area (Å²) in [5, 5.41) is 8.62. The Morgan fingerprint density at radius 3 is 2.76 bits per heavy atom. The highest BCUT2D eigenvalue weighted by atomic mass is 19.1. The fourth-order valence-electron chi connectivity index (χ4n) is 1.66. The molecule has 21 heavy (non-hydrogen) atoms. The van der Waals surface area contributed by atoms with Gasteiger partial charge >= 0.3 is 5.97 Å². The average molecular weight is 296 g/mol. The molecule has 0 aliphatic carbocycles. The van der Waals surface area contributed by atoms with E-state index in [1.165, 1.54) is 18.2 Å². The summed E-state index contributed by atoms with van der Waals surface area (Å²) in [6, 6.07) is 4.21. The minimum Gasteiger partial charge on any atom is -0.478 e. The molecule has 0 bridgehead atoms. The Bertz CT molecular complexity index is 471. The van der Waals surface area contributed by atoms with Gasteiger partial charge in [-0.15, -0.1) is 0 Å². The van der Waals surface area contributed by atoms with Crippen LogP contribution in [0.4, 0.5) is 4.39 Å². The summed E-state index contributed by atoms with van der Waals surface area (Å²) < 4.78 is 24.0. The van der Waals surface area contributed by atoms with Crippen molar-refractivity contribution in [2.75, 3.05) is 19.8 Å². The van der Waals surface area contributed by atoms with Gasteiger partial charge < -0.3 is 14.6 Å². The van der Waals surface area contributed by atoms with Crippen molar-refractivity contribution >= 4 is 12.0 Å². The fourth-order valence-corrected chi connectivity index (χ4v) is 1.66. The summed E-state index contributed by atoms with van der Waals surface area (Å²) in [7, 11) is 0. The van der Waals surface area contributed by atoms with Crippen LogP contribution < -0.4 is 0 Å². The SMILES string of the molecule is CCCCOCCOCc1ccc(F)cc1C=CC(=O)O. The maximum Gasteiger partial charge on any atom is 0.328 e. The fraction of sp³-hybridized carbons (Fsp3) is 0.438. The van der Waals surface area contributed by atoms with E-state index >= 15 is 0 Å². The lowest BCUT2D eigenvalue weighted by Gasteiger charge is -2.08. The number of aliphatic carboxylic acids is 1. The van der Waals surface area contributed by atoms with E-state index in [-0.39, 0.29) is 6.61 Å². The zero-order chi connectivity index (χ0) is 15.5. The molecule has 1 aromatic carbocycles. The minimum atomic E-state index is -1.07. The van der Waals surface area contributed by atoms with Crippen LogP contribution in [0.5, 0.6) is 0 Å². The van der Waals surface area contributed by atoms with E-state index in [0.29, 0.717) is 18.8 Å². The van der Waals surface area contributed by atoms with Gasteiger partial charge in [0.25, 0.3) is 0 Å². The van der Waals surface area contributed by atoms with Gasteiger partial charge in [0, 0.05) is 12.7 Å². The summed E-state index contributed by atoms with van der Waals surface area (Å²) in [6.45, 7) is 4.07. The molecule has 0 unspecified atom stereocenters. The summed E-state index contributed by atoms with van der Waals surface area (Å²) in [4.78, 5) is 10.5. The zero-order valence-corrected chi connectivity index (χ0v) is 12.2. The smallest absolute Gasteiger partial charge is 0.328 e. The first-order valence-electron chi connectivity index (χ1n) is 6.98. The predicted octanol–water partition coefficient (Wildman–Crippen LogP) is 3.26. The third-order valence-electron chi connectivity index (χ3n) is 2.79. The maximum absolute atomic E-state index is 13.2. The van der Waals surface area contributed by atoms with E-state index in [2.05, 4.69) is 6.92 Å². The van der Waals surface area contributed by atoms with Gasteiger partial charge in [0.1, 0.15) is 5.82 Å². The topological polar surface area (TPSA) is 55.8 Å². The van der Waals surface area contributed by atoms with E-state index in [1.807, 2.05) is 0 Å². The highest BCUT2D eigenvalue weighted by Gasteiger charge is 2.03. The molecule has 1 aromatic rings. The van der Waals surface area contributed by atoms with Gasteiger partial charge in [0.05, 0.1) is 19.8 Å². The van der Waals surface area contributed by atoms with E-state index in [4.69, 9.17) is 14.6 Å². The third kappa shape index (κ3) is 7.58. The summed E-state index contributed by atoms with van der Waals surface area (Å²) in [5.74, 6) is -1.48. The van der Waals surface area contributed by atoms with Gasteiger partial charge in [-0.1, -0.05) is 19.4 Å². The molecule has 1 N–H and O–H groups in total. The molecule has 0 aliphatic rings. The molecular formula is C16H21FO4. The van der Waals surface area contributed by atoms with E-state index in [1.54, 1.807) is 6.07 Å². The number of ether oxygens (including phenoxy) is 2. The molecule has 0 saturated heterocycles. The summed E-state index contributed by atoms with van der Waals surface area (Å²) in [6.07, 6.45) is 4.46. The Morgan fingerprint density at radius 1 is 1.29 bits per heavy atom. The minimum absolute atomic E-state index is 0.288. The third-order valence-corrected chi connectivity index (χ3v) is 2.79. The Hall–Kier alpha value is -1.72. The molecule has 0 atom stereocenters. The second-order valence-electron chi connectivity index (χ2n) is 4.53. The van der Waals surface area contributed by atoms with Crippen LogP contribution in [0.15, 0.2) is 24.3 Å². The predicted molar refractivity (Wildman–Crippen MR) is 78.5 cm³/mol. The van der Waals surface area contributed by atoms with Crippen LogP contribution in [0.1, 0.15) is 30.9 Å². The molecule has 1 rings (SSSR count). The van der Waals surface area contributed by atoms with Crippen LogP contribution in [-0.4, -0.2) is 30.9 Å². The van der Waals surface area contributed by atoms with Gasteiger partial charge in [0.2, 0.25) is 0 Å². The van der Waals surface area contributed by atoms with Crippen LogP contribution in [0.25, 0.3) is 6.08 Å². The first-order chi connectivity index (χ1) is 10.1. The normalized spacial score (nSPS) is 11.1. The average Bonchev–Trinajstić information content (AvgIpc) is 2.45. The molecule has 0 fully saturated rings. The number of hydrogen-bond acceptors (Lipinski definition) is 3. The van der Waals surface area contributed by atoms with Crippen molar-refractivity contribution in [2.45, 2.75) is 26.4 Å². The lowest BCUT2D eigenvalue weighted by molar-refractivity contribution is -0.131. The van der Waals surface area contributed by atoms with E-state index in [0.717, 1.165) is 31.1 Å². The van der Waals surface area contributed by atoms with Crippen molar-refractivity contribution in [3.05, 3.63) is 41.2 Å². The molecule has 116 valence electrons. The number of carboxylic acids is 1. The molecule has 5 heteroatoms. The largest absolute Gasteiger partial charge is 0.478 e. The number of carbonyl (C=O) groups is 1. The molecular weight excluding hydrogens is 275 g/mol. The summed E-state index contributed by atoms with van der Waals surface area (Å²) >= 11 is 0. The number of carboxylic acid groups (broad SMARTS) is 1.